The molecule has 2 heterocycles. The van der Waals surface area contributed by atoms with Crippen molar-refractivity contribution in [2.75, 3.05) is 18.1 Å². The fraction of sp³-hybridized carbons (Fsp3) is 0.636. The van der Waals surface area contributed by atoms with Crippen LogP contribution in [0.15, 0.2) is 0 Å². The van der Waals surface area contributed by atoms with Crippen LogP contribution < -0.4 is 5.32 Å². The molecule has 15 heavy (non-hydrogen) atoms. The Hall–Kier alpha value is -0.770. The molecule has 1 aromatic heterocycles. The van der Waals surface area contributed by atoms with Crippen LogP contribution in [0.1, 0.15) is 35.8 Å². The molecule has 0 saturated heterocycles. The van der Waals surface area contributed by atoms with Gasteiger partial charge in [0, 0.05) is 24.3 Å². The molecule has 1 aliphatic heterocycles. The second-order valence-corrected chi connectivity index (χ2v) is 5.29. The van der Waals surface area contributed by atoms with Gasteiger partial charge in [0.25, 0.3) is 0 Å². The Morgan fingerprint density at radius 2 is 2.20 bits per heavy atom. The minimum atomic E-state index is 0.648. The second kappa shape index (κ2) is 3.67. The number of hydrogen-bond acceptors (Lipinski definition) is 4. The number of rotatable bonds is 2. The third-order valence-corrected chi connectivity index (χ3v) is 3.99. The molecule has 80 valence electrons. The third kappa shape index (κ3) is 1.71. The summed E-state index contributed by atoms with van der Waals surface area (Å²) in [6.07, 6.45) is 3.66. The molecule has 0 amide bonds. The zero-order chi connectivity index (χ0) is 10.3. The zero-order valence-corrected chi connectivity index (χ0v) is 9.73. The fourth-order valence-corrected chi connectivity index (χ4v) is 2.93. The highest BCUT2D eigenvalue weighted by Gasteiger charge is 2.29. The maximum atomic E-state index is 4.71. The number of hydrogen-bond donors (Lipinski definition) is 1. The van der Waals surface area contributed by atoms with Gasteiger partial charge in [-0.25, -0.2) is 9.97 Å². The van der Waals surface area contributed by atoms with Gasteiger partial charge in [0.1, 0.15) is 11.6 Å². The molecular weight excluding hydrogens is 206 g/mol. The molecule has 0 bridgehead atoms. The molecule has 1 saturated carbocycles. The molecule has 2 aliphatic rings. The van der Waals surface area contributed by atoms with Gasteiger partial charge < -0.3 is 5.32 Å². The average Bonchev–Trinajstić information content (AvgIpc) is 3.11. The molecule has 3 rings (SSSR count). The van der Waals surface area contributed by atoms with Crippen LogP contribution in [0.4, 0.5) is 5.82 Å². The molecule has 0 atom stereocenters. The summed E-state index contributed by atoms with van der Waals surface area (Å²) in [5.74, 6) is 5.05. The topological polar surface area (TPSA) is 37.8 Å². The number of anilines is 1. The van der Waals surface area contributed by atoms with E-state index in [1.54, 1.807) is 0 Å². The van der Waals surface area contributed by atoms with Crippen LogP contribution in [0.5, 0.6) is 0 Å². The largest absolute Gasteiger partial charge is 0.373 e. The first-order valence-electron chi connectivity index (χ1n) is 5.53. The van der Waals surface area contributed by atoms with Crippen molar-refractivity contribution in [3.8, 4) is 0 Å². The minimum absolute atomic E-state index is 0.648. The molecular formula is C11H15N3S. The highest BCUT2D eigenvalue weighted by atomic mass is 32.2. The van der Waals surface area contributed by atoms with Crippen LogP contribution in [-0.2, 0) is 12.2 Å². The summed E-state index contributed by atoms with van der Waals surface area (Å²) < 4.78 is 0. The van der Waals surface area contributed by atoms with Crippen molar-refractivity contribution in [1.29, 1.82) is 0 Å². The van der Waals surface area contributed by atoms with E-state index in [0.29, 0.717) is 5.92 Å². The monoisotopic (exact) mass is 221 g/mol. The maximum absolute atomic E-state index is 4.71. The van der Waals surface area contributed by atoms with Gasteiger partial charge in [-0.3, -0.25) is 0 Å². The van der Waals surface area contributed by atoms with Gasteiger partial charge in [0.15, 0.2) is 0 Å². The Morgan fingerprint density at radius 1 is 1.33 bits per heavy atom. The van der Waals surface area contributed by atoms with Gasteiger partial charge in [-0.05, 0) is 25.0 Å². The third-order valence-electron chi connectivity index (χ3n) is 3.02. The van der Waals surface area contributed by atoms with Crippen LogP contribution in [0.2, 0.25) is 0 Å². The van der Waals surface area contributed by atoms with Crippen LogP contribution in [0, 0.1) is 0 Å². The van der Waals surface area contributed by atoms with Crippen molar-refractivity contribution in [2.45, 2.75) is 30.9 Å². The first-order valence-corrected chi connectivity index (χ1v) is 6.69. The van der Waals surface area contributed by atoms with E-state index in [-0.39, 0.29) is 0 Å². The molecule has 0 spiro atoms. The van der Waals surface area contributed by atoms with E-state index >= 15 is 0 Å². The molecule has 0 aromatic carbocycles. The molecule has 1 aromatic rings. The van der Waals surface area contributed by atoms with E-state index < -0.39 is 0 Å². The highest BCUT2D eigenvalue weighted by molar-refractivity contribution is 7.98. The van der Waals surface area contributed by atoms with Gasteiger partial charge in [-0.1, -0.05) is 0 Å². The lowest BCUT2D eigenvalue weighted by molar-refractivity contribution is 0.870. The predicted molar refractivity (Wildman–Crippen MR) is 63.4 cm³/mol. The van der Waals surface area contributed by atoms with Crippen molar-refractivity contribution >= 4 is 17.6 Å². The zero-order valence-electron chi connectivity index (χ0n) is 8.92. The average molecular weight is 221 g/mol. The summed E-state index contributed by atoms with van der Waals surface area (Å²) >= 11 is 1.98. The van der Waals surface area contributed by atoms with Crippen molar-refractivity contribution in [2.24, 2.45) is 0 Å². The summed E-state index contributed by atoms with van der Waals surface area (Å²) in [6, 6.07) is 0. The number of thioether (sulfide) groups is 1. The maximum Gasteiger partial charge on any atom is 0.134 e. The van der Waals surface area contributed by atoms with E-state index in [2.05, 4.69) is 10.3 Å². The van der Waals surface area contributed by atoms with Gasteiger partial charge in [0.05, 0.1) is 5.69 Å². The fourth-order valence-electron chi connectivity index (χ4n) is 2.01. The number of nitrogens with zero attached hydrogens (tertiary/aromatic N) is 2. The molecule has 4 heteroatoms. The predicted octanol–water partition coefficient (Wildman–Crippen LogP) is 2.19. The van der Waals surface area contributed by atoms with Gasteiger partial charge in [-0.2, -0.15) is 11.8 Å². The molecule has 3 nitrogen and oxygen atoms in total. The van der Waals surface area contributed by atoms with E-state index in [1.165, 1.54) is 29.9 Å². The van der Waals surface area contributed by atoms with Crippen molar-refractivity contribution in [3.05, 3.63) is 17.1 Å². The summed E-state index contributed by atoms with van der Waals surface area (Å²) in [5.41, 5.74) is 2.62. The Labute approximate surface area is 94.1 Å². The normalized spacial score (nSPS) is 19.8. The highest BCUT2D eigenvalue weighted by Crippen LogP contribution is 2.40. The Bertz CT molecular complexity index is 370. The van der Waals surface area contributed by atoms with E-state index in [0.717, 1.165) is 23.8 Å². The van der Waals surface area contributed by atoms with E-state index in [1.807, 2.05) is 18.8 Å². The molecule has 1 fully saturated rings. The molecule has 0 unspecified atom stereocenters. The van der Waals surface area contributed by atoms with Gasteiger partial charge >= 0.3 is 0 Å². The standard InChI is InChI=1S/C11H15N3S/c1-12-11-8-4-5-15-6-9(8)13-10(14-11)7-2-3-7/h7H,2-6H2,1H3,(H,12,13,14). The van der Waals surface area contributed by atoms with Gasteiger partial charge in [0.2, 0.25) is 0 Å². The lowest BCUT2D eigenvalue weighted by Gasteiger charge is -2.18. The number of nitrogens with one attached hydrogen (secondary N) is 1. The van der Waals surface area contributed by atoms with Crippen molar-refractivity contribution < 1.29 is 0 Å². The molecule has 0 radical (unpaired) electrons. The first-order chi connectivity index (χ1) is 7.38. The van der Waals surface area contributed by atoms with E-state index in [9.17, 15) is 0 Å². The van der Waals surface area contributed by atoms with Crippen LogP contribution in [0.25, 0.3) is 0 Å². The lowest BCUT2D eigenvalue weighted by atomic mass is 10.1. The minimum Gasteiger partial charge on any atom is -0.373 e. The number of fused-ring (bicyclic) bond motifs is 1. The van der Waals surface area contributed by atoms with Crippen LogP contribution >= 0.6 is 11.8 Å². The Balaban J connectivity index is 2.06. The van der Waals surface area contributed by atoms with Crippen molar-refractivity contribution in [1.82, 2.24) is 9.97 Å². The Kier molecular flexibility index (Phi) is 2.31. The van der Waals surface area contributed by atoms with Crippen LogP contribution in [0.3, 0.4) is 0 Å². The quantitative estimate of drug-likeness (QED) is 0.830. The SMILES string of the molecule is CNc1nc(C2CC2)nc2c1CCSC2. The lowest BCUT2D eigenvalue weighted by Crippen LogP contribution is -2.12. The van der Waals surface area contributed by atoms with Crippen LogP contribution in [-0.4, -0.2) is 22.8 Å². The smallest absolute Gasteiger partial charge is 0.134 e. The summed E-state index contributed by atoms with van der Waals surface area (Å²) in [5, 5.41) is 3.22. The summed E-state index contributed by atoms with van der Waals surface area (Å²) in [6.45, 7) is 0. The first kappa shape index (κ1) is 9.46. The second-order valence-electron chi connectivity index (χ2n) is 4.18. The summed E-state index contributed by atoms with van der Waals surface area (Å²) in [4.78, 5) is 9.35. The Morgan fingerprint density at radius 3 is 2.93 bits per heavy atom. The molecule has 1 N–H and O–H groups in total. The van der Waals surface area contributed by atoms with Crippen molar-refractivity contribution in [3.63, 3.8) is 0 Å². The van der Waals surface area contributed by atoms with Gasteiger partial charge in [-0.15, -0.1) is 0 Å². The van der Waals surface area contributed by atoms with E-state index in [4.69, 9.17) is 4.98 Å². The number of aromatic nitrogens is 2. The summed E-state index contributed by atoms with van der Waals surface area (Å²) in [7, 11) is 1.96. The molecule has 1 aliphatic carbocycles.